The third kappa shape index (κ3) is 4.51. The van der Waals surface area contributed by atoms with E-state index < -0.39 is 0 Å². The molecule has 1 aromatic carbocycles. The second kappa shape index (κ2) is 8.97. The molecule has 1 aliphatic carbocycles. The Hall–Kier alpha value is -3.05. The van der Waals surface area contributed by atoms with Gasteiger partial charge in [0.1, 0.15) is 0 Å². The molecular formula is C24H29N5. The highest BCUT2D eigenvalue weighted by molar-refractivity contribution is 5.96. The fourth-order valence-electron chi connectivity index (χ4n) is 3.99. The highest BCUT2D eigenvalue weighted by Crippen LogP contribution is 2.36. The van der Waals surface area contributed by atoms with Crippen LogP contribution in [0, 0.1) is 5.92 Å². The minimum Gasteiger partial charge on any atom is -0.391 e. The maximum atomic E-state index is 5.52. The molecule has 0 radical (unpaired) electrons. The van der Waals surface area contributed by atoms with Crippen LogP contribution in [0.3, 0.4) is 0 Å². The summed E-state index contributed by atoms with van der Waals surface area (Å²) in [5.41, 5.74) is 10.5. The first kappa shape index (κ1) is 19.3. The van der Waals surface area contributed by atoms with E-state index in [1.807, 2.05) is 30.9 Å². The van der Waals surface area contributed by atoms with Gasteiger partial charge in [-0.05, 0) is 78.0 Å². The molecule has 0 fully saturated rings. The highest BCUT2D eigenvalue weighted by Gasteiger charge is 2.18. The number of anilines is 1. The van der Waals surface area contributed by atoms with Crippen molar-refractivity contribution in [1.29, 1.82) is 0 Å². The van der Waals surface area contributed by atoms with Gasteiger partial charge in [0.2, 0.25) is 0 Å². The number of hydrogen-bond acceptors (Lipinski definition) is 5. The molecule has 0 bridgehead atoms. The summed E-state index contributed by atoms with van der Waals surface area (Å²) in [6.45, 7) is 3.82. The molecule has 5 N–H and O–H groups in total. The van der Waals surface area contributed by atoms with Crippen LogP contribution >= 0.6 is 0 Å². The van der Waals surface area contributed by atoms with Crippen molar-refractivity contribution in [2.45, 2.75) is 25.8 Å². The van der Waals surface area contributed by atoms with E-state index in [2.05, 4.69) is 64.3 Å². The number of pyridine rings is 1. The van der Waals surface area contributed by atoms with E-state index in [0.717, 1.165) is 30.5 Å². The molecule has 150 valence electrons. The van der Waals surface area contributed by atoms with Crippen molar-refractivity contribution in [3.63, 3.8) is 0 Å². The van der Waals surface area contributed by atoms with E-state index in [1.165, 1.54) is 22.2 Å². The van der Waals surface area contributed by atoms with Gasteiger partial charge in [0.15, 0.2) is 0 Å². The fraction of sp³-hybridized carbons (Fsp3) is 0.292. The number of fused-ring (bicyclic) bond motifs is 1. The van der Waals surface area contributed by atoms with E-state index in [1.54, 1.807) is 0 Å². The SMILES string of the molecule is CC1CC(N/C=C\CN)=CC=C1c1cc(NC2C=CNCC2)c2cnccc2c1. The highest BCUT2D eigenvalue weighted by atomic mass is 15.0. The smallest absolute Gasteiger partial charge is 0.0478 e. The third-order valence-electron chi connectivity index (χ3n) is 5.52. The van der Waals surface area contributed by atoms with Gasteiger partial charge in [-0.25, -0.2) is 0 Å². The molecule has 1 aromatic heterocycles. The van der Waals surface area contributed by atoms with Gasteiger partial charge in [-0.15, -0.1) is 0 Å². The Morgan fingerprint density at radius 3 is 3.03 bits per heavy atom. The lowest BCUT2D eigenvalue weighted by Crippen LogP contribution is -2.27. The number of benzene rings is 1. The monoisotopic (exact) mass is 387 g/mol. The van der Waals surface area contributed by atoms with Crippen LogP contribution in [0.15, 0.2) is 73.0 Å². The average molecular weight is 388 g/mol. The third-order valence-corrected chi connectivity index (χ3v) is 5.52. The molecule has 5 heteroatoms. The van der Waals surface area contributed by atoms with Gasteiger partial charge in [0.25, 0.3) is 0 Å². The zero-order valence-electron chi connectivity index (χ0n) is 16.9. The van der Waals surface area contributed by atoms with Crippen LogP contribution in [-0.4, -0.2) is 24.1 Å². The predicted octanol–water partition coefficient (Wildman–Crippen LogP) is 3.89. The van der Waals surface area contributed by atoms with Gasteiger partial charge in [-0.1, -0.05) is 19.1 Å². The lowest BCUT2D eigenvalue weighted by molar-refractivity contribution is 0.676. The van der Waals surface area contributed by atoms with Gasteiger partial charge >= 0.3 is 0 Å². The summed E-state index contributed by atoms with van der Waals surface area (Å²) in [7, 11) is 0. The van der Waals surface area contributed by atoms with Crippen molar-refractivity contribution in [2.75, 3.05) is 18.4 Å². The van der Waals surface area contributed by atoms with Crippen molar-refractivity contribution >= 4 is 22.0 Å². The van der Waals surface area contributed by atoms with Crippen LogP contribution in [0.5, 0.6) is 0 Å². The molecule has 2 aromatic rings. The largest absolute Gasteiger partial charge is 0.391 e. The number of hydrogen-bond donors (Lipinski definition) is 4. The maximum absolute atomic E-state index is 5.52. The molecule has 2 heterocycles. The first-order chi connectivity index (χ1) is 14.2. The minimum atomic E-state index is 0.331. The summed E-state index contributed by atoms with van der Waals surface area (Å²) >= 11 is 0. The normalized spacial score (nSPS) is 21.6. The Morgan fingerprint density at radius 2 is 2.24 bits per heavy atom. The standard InChI is InChI=1S/C24H29N5/c1-17-13-21(28-9-2-8-25)3-4-22(17)19-14-18-5-10-27-16-23(18)24(15-19)29-20-6-11-26-12-7-20/h2-6,9-11,14-17,20,26,28-29H,7-8,12-13,25H2,1H3/b9-2-. The molecular weight excluding hydrogens is 358 g/mol. The lowest BCUT2D eigenvalue weighted by atomic mass is 9.85. The Morgan fingerprint density at radius 1 is 1.31 bits per heavy atom. The van der Waals surface area contributed by atoms with Gasteiger partial charge in [-0.3, -0.25) is 4.98 Å². The zero-order valence-corrected chi connectivity index (χ0v) is 16.9. The molecule has 5 nitrogen and oxygen atoms in total. The van der Waals surface area contributed by atoms with E-state index in [0.29, 0.717) is 18.5 Å². The number of nitrogens with zero attached hydrogens (tertiary/aromatic N) is 1. The Labute approximate surface area is 172 Å². The summed E-state index contributed by atoms with van der Waals surface area (Å²) in [6, 6.07) is 6.99. The Balaban J connectivity index is 1.67. The molecule has 1 aliphatic heterocycles. The molecule has 0 saturated heterocycles. The summed E-state index contributed by atoms with van der Waals surface area (Å²) in [5, 5.41) is 12.7. The number of allylic oxidation sites excluding steroid dienone is 4. The van der Waals surface area contributed by atoms with Gasteiger partial charge in [0.05, 0.1) is 0 Å². The first-order valence-electron chi connectivity index (χ1n) is 10.3. The van der Waals surface area contributed by atoms with Gasteiger partial charge in [0, 0.05) is 48.3 Å². The van der Waals surface area contributed by atoms with E-state index in [4.69, 9.17) is 5.73 Å². The van der Waals surface area contributed by atoms with Gasteiger partial charge in [-0.2, -0.15) is 0 Å². The van der Waals surface area contributed by atoms with Crippen molar-refractivity contribution in [3.8, 4) is 0 Å². The minimum absolute atomic E-state index is 0.331. The second-order valence-corrected chi connectivity index (χ2v) is 7.67. The maximum Gasteiger partial charge on any atom is 0.0478 e. The molecule has 2 aliphatic rings. The molecule has 2 atom stereocenters. The number of rotatable bonds is 6. The van der Waals surface area contributed by atoms with Crippen LogP contribution in [-0.2, 0) is 0 Å². The quantitative estimate of drug-likeness (QED) is 0.605. The molecule has 29 heavy (non-hydrogen) atoms. The summed E-state index contributed by atoms with van der Waals surface area (Å²) in [5.74, 6) is 0.430. The van der Waals surface area contributed by atoms with E-state index in [-0.39, 0.29) is 0 Å². The summed E-state index contributed by atoms with van der Waals surface area (Å²) in [4.78, 5) is 4.35. The first-order valence-corrected chi connectivity index (χ1v) is 10.3. The molecule has 0 spiro atoms. The Bertz CT molecular complexity index is 986. The van der Waals surface area contributed by atoms with E-state index >= 15 is 0 Å². The summed E-state index contributed by atoms with van der Waals surface area (Å²) in [6.07, 6.45) is 18.4. The Kier molecular flexibility index (Phi) is 5.96. The van der Waals surface area contributed by atoms with Crippen LogP contribution in [0.2, 0.25) is 0 Å². The van der Waals surface area contributed by atoms with Crippen molar-refractivity contribution in [1.82, 2.24) is 15.6 Å². The number of nitrogens with one attached hydrogen (secondary N) is 3. The molecule has 2 unspecified atom stereocenters. The number of nitrogens with two attached hydrogens (primary N) is 1. The van der Waals surface area contributed by atoms with Crippen LogP contribution in [0.1, 0.15) is 25.3 Å². The summed E-state index contributed by atoms with van der Waals surface area (Å²) < 4.78 is 0. The molecule has 0 amide bonds. The zero-order chi connectivity index (χ0) is 20.1. The second-order valence-electron chi connectivity index (χ2n) is 7.67. The van der Waals surface area contributed by atoms with E-state index in [9.17, 15) is 0 Å². The van der Waals surface area contributed by atoms with Crippen molar-refractivity contribution < 1.29 is 0 Å². The predicted molar refractivity (Wildman–Crippen MR) is 122 cm³/mol. The lowest BCUT2D eigenvalue weighted by Gasteiger charge is -2.25. The van der Waals surface area contributed by atoms with Crippen LogP contribution in [0.25, 0.3) is 16.3 Å². The van der Waals surface area contributed by atoms with Gasteiger partial charge < -0.3 is 21.7 Å². The van der Waals surface area contributed by atoms with Crippen molar-refractivity contribution in [3.05, 3.63) is 78.6 Å². The fourth-order valence-corrected chi connectivity index (χ4v) is 3.99. The molecule has 0 saturated carbocycles. The number of aromatic nitrogens is 1. The average Bonchev–Trinajstić information content (AvgIpc) is 2.75. The molecule has 4 rings (SSSR count). The van der Waals surface area contributed by atoms with Crippen LogP contribution < -0.4 is 21.7 Å². The van der Waals surface area contributed by atoms with Crippen LogP contribution in [0.4, 0.5) is 5.69 Å². The topological polar surface area (TPSA) is 75.0 Å². The van der Waals surface area contributed by atoms with Crippen molar-refractivity contribution in [2.24, 2.45) is 11.7 Å².